The van der Waals surface area contributed by atoms with E-state index >= 15 is 0 Å². The van der Waals surface area contributed by atoms with Gasteiger partial charge in [0.05, 0.1) is 11.7 Å². The van der Waals surface area contributed by atoms with Gasteiger partial charge in [-0.3, -0.25) is 4.68 Å². The summed E-state index contributed by atoms with van der Waals surface area (Å²) in [6, 6.07) is 2.56. The SMILES string of the molecule is CCNC(c1ccn(C)n1)C1CC1(C)C. The summed E-state index contributed by atoms with van der Waals surface area (Å²) in [6.07, 6.45) is 3.33. The van der Waals surface area contributed by atoms with Crippen LogP contribution in [0.5, 0.6) is 0 Å². The monoisotopic (exact) mass is 207 g/mol. The first kappa shape index (κ1) is 10.7. The molecule has 1 aromatic heterocycles. The third-order valence-electron chi connectivity index (χ3n) is 3.47. The van der Waals surface area contributed by atoms with Gasteiger partial charge in [-0.05, 0) is 30.4 Å². The molecule has 0 saturated heterocycles. The molecule has 2 atom stereocenters. The van der Waals surface area contributed by atoms with Crippen LogP contribution < -0.4 is 5.32 Å². The van der Waals surface area contributed by atoms with Crippen molar-refractivity contribution in [2.24, 2.45) is 18.4 Å². The van der Waals surface area contributed by atoms with E-state index in [1.54, 1.807) is 0 Å². The lowest BCUT2D eigenvalue weighted by Gasteiger charge is -2.17. The van der Waals surface area contributed by atoms with Crippen molar-refractivity contribution in [3.05, 3.63) is 18.0 Å². The predicted octanol–water partition coefficient (Wildman–Crippen LogP) is 2.12. The smallest absolute Gasteiger partial charge is 0.0796 e. The van der Waals surface area contributed by atoms with E-state index in [4.69, 9.17) is 0 Å². The highest BCUT2D eigenvalue weighted by molar-refractivity contribution is 5.14. The molecule has 0 aliphatic heterocycles. The van der Waals surface area contributed by atoms with Crippen LogP contribution in [0, 0.1) is 11.3 Å². The Morgan fingerprint density at radius 3 is 2.73 bits per heavy atom. The van der Waals surface area contributed by atoms with Crippen LogP contribution >= 0.6 is 0 Å². The van der Waals surface area contributed by atoms with Crippen LogP contribution in [0.3, 0.4) is 0 Å². The second kappa shape index (κ2) is 3.63. The fourth-order valence-electron chi connectivity index (χ4n) is 2.35. The fraction of sp³-hybridized carbons (Fsp3) is 0.750. The number of nitrogens with one attached hydrogen (secondary N) is 1. The molecule has 1 saturated carbocycles. The molecule has 0 bridgehead atoms. The highest BCUT2D eigenvalue weighted by atomic mass is 15.3. The van der Waals surface area contributed by atoms with Gasteiger partial charge in [0.25, 0.3) is 0 Å². The van der Waals surface area contributed by atoms with Gasteiger partial charge < -0.3 is 5.32 Å². The number of aryl methyl sites for hydroxylation is 1. The summed E-state index contributed by atoms with van der Waals surface area (Å²) in [5, 5.41) is 8.06. The average molecular weight is 207 g/mol. The quantitative estimate of drug-likeness (QED) is 0.819. The standard InChI is InChI=1S/C12H21N3/c1-5-13-11(9-8-12(9,2)3)10-6-7-15(4)14-10/h6-7,9,11,13H,5,8H2,1-4H3. The summed E-state index contributed by atoms with van der Waals surface area (Å²) in [6.45, 7) is 7.84. The van der Waals surface area contributed by atoms with Crippen LogP contribution in [0.15, 0.2) is 12.3 Å². The first-order valence-corrected chi connectivity index (χ1v) is 5.77. The number of hydrogen-bond acceptors (Lipinski definition) is 2. The van der Waals surface area contributed by atoms with E-state index in [0.29, 0.717) is 11.5 Å². The lowest BCUT2D eigenvalue weighted by Crippen LogP contribution is -2.24. The third kappa shape index (κ3) is 2.07. The summed E-state index contributed by atoms with van der Waals surface area (Å²) in [4.78, 5) is 0. The van der Waals surface area contributed by atoms with Gasteiger partial charge in [0.2, 0.25) is 0 Å². The molecule has 0 spiro atoms. The largest absolute Gasteiger partial charge is 0.309 e. The molecule has 15 heavy (non-hydrogen) atoms. The molecule has 2 unspecified atom stereocenters. The Bertz CT molecular complexity index is 340. The van der Waals surface area contributed by atoms with Crippen molar-refractivity contribution < 1.29 is 0 Å². The van der Waals surface area contributed by atoms with Gasteiger partial charge in [-0.15, -0.1) is 0 Å². The van der Waals surface area contributed by atoms with Crippen molar-refractivity contribution in [1.82, 2.24) is 15.1 Å². The highest BCUT2D eigenvalue weighted by Crippen LogP contribution is 2.57. The van der Waals surface area contributed by atoms with E-state index in [-0.39, 0.29) is 0 Å². The lowest BCUT2D eigenvalue weighted by atomic mass is 10.0. The highest BCUT2D eigenvalue weighted by Gasteiger charge is 2.50. The van der Waals surface area contributed by atoms with Gasteiger partial charge in [0, 0.05) is 13.2 Å². The first-order valence-electron chi connectivity index (χ1n) is 5.77. The van der Waals surface area contributed by atoms with Gasteiger partial charge in [-0.2, -0.15) is 5.10 Å². The second-order valence-corrected chi connectivity index (χ2v) is 5.25. The second-order valence-electron chi connectivity index (χ2n) is 5.25. The van der Waals surface area contributed by atoms with E-state index in [2.05, 4.69) is 37.3 Å². The van der Waals surface area contributed by atoms with Gasteiger partial charge in [-0.1, -0.05) is 20.8 Å². The number of aromatic nitrogens is 2. The Morgan fingerprint density at radius 1 is 1.67 bits per heavy atom. The minimum atomic E-state index is 0.436. The zero-order chi connectivity index (χ0) is 11.1. The molecule has 1 fully saturated rings. The molecule has 0 amide bonds. The first-order chi connectivity index (χ1) is 7.04. The normalized spacial score (nSPS) is 25.2. The fourth-order valence-corrected chi connectivity index (χ4v) is 2.35. The van der Waals surface area contributed by atoms with E-state index in [1.807, 2.05) is 17.9 Å². The molecule has 0 radical (unpaired) electrons. The Hall–Kier alpha value is -0.830. The van der Waals surface area contributed by atoms with Crippen molar-refractivity contribution in [3.8, 4) is 0 Å². The van der Waals surface area contributed by atoms with Crippen molar-refractivity contribution in [2.45, 2.75) is 33.2 Å². The minimum absolute atomic E-state index is 0.436. The van der Waals surface area contributed by atoms with Crippen molar-refractivity contribution in [2.75, 3.05) is 6.54 Å². The predicted molar refractivity (Wildman–Crippen MR) is 61.5 cm³/mol. The van der Waals surface area contributed by atoms with Crippen molar-refractivity contribution in [1.29, 1.82) is 0 Å². The minimum Gasteiger partial charge on any atom is -0.309 e. The average Bonchev–Trinajstić information content (AvgIpc) is 2.59. The number of nitrogens with zero attached hydrogens (tertiary/aromatic N) is 2. The van der Waals surface area contributed by atoms with Crippen LogP contribution in [-0.2, 0) is 7.05 Å². The zero-order valence-corrected chi connectivity index (χ0v) is 10.1. The summed E-state index contributed by atoms with van der Waals surface area (Å²) in [5.41, 5.74) is 1.68. The van der Waals surface area contributed by atoms with Crippen LogP contribution in [0.25, 0.3) is 0 Å². The summed E-state index contributed by atoms with van der Waals surface area (Å²) >= 11 is 0. The van der Waals surface area contributed by atoms with Gasteiger partial charge in [0.1, 0.15) is 0 Å². The Labute approximate surface area is 91.9 Å². The van der Waals surface area contributed by atoms with E-state index in [1.165, 1.54) is 12.1 Å². The van der Waals surface area contributed by atoms with E-state index in [9.17, 15) is 0 Å². The molecule has 2 rings (SSSR count). The summed E-state index contributed by atoms with van der Waals surface area (Å²) < 4.78 is 1.88. The molecule has 84 valence electrons. The molecule has 0 aromatic carbocycles. The third-order valence-corrected chi connectivity index (χ3v) is 3.47. The lowest BCUT2D eigenvalue weighted by molar-refractivity contribution is 0.413. The molecule has 1 N–H and O–H groups in total. The van der Waals surface area contributed by atoms with Crippen molar-refractivity contribution >= 4 is 0 Å². The molecule has 1 aliphatic carbocycles. The van der Waals surface area contributed by atoms with Crippen LogP contribution in [0.4, 0.5) is 0 Å². The Morgan fingerprint density at radius 2 is 2.33 bits per heavy atom. The maximum absolute atomic E-state index is 4.51. The maximum Gasteiger partial charge on any atom is 0.0796 e. The molecular weight excluding hydrogens is 186 g/mol. The summed E-state index contributed by atoms with van der Waals surface area (Å²) in [7, 11) is 1.98. The zero-order valence-electron chi connectivity index (χ0n) is 10.1. The molecule has 3 nitrogen and oxygen atoms in total. The Kier molecular flexibility index (Phi) is 2.59. The van der Waals surface area contributed by atoms with E-state index < -0.39 is 0 Å². The van der Waals surface area contributed by atoms with Crippen LogP contribution in [0.1, 0.15) is 38.9 Å². The maximum atomic E-state index is 4.51. The number of rotatable bonds is 4. The Balaban J connectivity index is 2.14. The molecular formula is C12H21N3. The van der Waals surface area contributed by atoms with Gasteiger partial charge >= 0.3 is 0 Å². The number of hydrogen-bond donors (Lipinski definition) is 1. The van der Waals surface area contributed by atoms with Gasteiger partial charge in [-0.25, -0.2) is 0 Å². The van der Waals surface area contributed by atoms with Crippen LogP contribution in [-0.4, -0.2) is 16.3 Å². The topological polar surface area (TPSA) is 29.9 Å². The molecule has 3 heteroatoms. The molecule has 1 heterocycles. The van der Waals surface area contributed by atoms with Gasteiger partial charge in [0.15, 0.2) is 0 Å². The van der Waals surface area contributed by atoms with Crippen molar-refractivity contribution in [3.63, 3.8) is 0 Å². The van der Waals surface area contributed by atoms with Crippen LogP contribution in [0.2, 0.25) is 0 Å². The molecule has 1 aliphatic rings. The molecule has 1 aromatic rings. The summed E-state index contributed by atoms with van der Waals surface area (Å²) in [5.74, 6) is 0.743. The van der Waals surface area contributed by atoms with E-state index in [0.717, 1.165) is 12.5 Å².